The van der Waals surface area contributed by atoms with Gasteiger partial charge in [-0.15, -0.1) is 0 Å². The minimum atomic E-state index is -1.87. The predicted octanol–water partition coefficient (Wildman–Crippen LogP) is 4.51. The Morgan fingerprint density at radius 3 is 2.72 bits per heavy atom. The summed E-state index contributed by atoms with van der Waals surface area (Å²) in [6, 6.07) is 9.10. The van der Waals surface area contributed by atoms with Crippen LogP contribution < -0.4 is 10.3 Å². The van der Waals surface area contributed by atoms with Crippen LogP contribution in [-0.2, 0) is 28.3 Å². The molecular weight excluding hydrogens is 548 g/mol. The Balaban J connectivity index is 1.22. The topological polar surface area (TPSA) is 114 Å². The molecule has 10 heteroatoms. The summed E-state index contributed by atoms with van der Waals surface area (Å²) in [6.45, 7) is 6.72. The molecule has 6 heterocycles. The van der Waals surface area contributed by atoms with E-state index in [0.29, 0.717) is 40.5 Å². The van der Waals surface area contributed by atoms with E-state index in [1.165, 1.54) is 6.42 Å². The van der Waals surface area contributed by atoms with Crippen molar-refractivity contribution in [3.63, 3.8) is 0 Å². The first-order valence-electron chi connectivity index (χ1n) is 15.6. The third-order valence-corrected chi connectivity index (χ3v) is 10.0. The molecule has 0 aliphatic carbocycles. The van der Waals surface area contributed by atoms with Gasteiger partial charge in [0.2, 0.25) is 0 Å². The molecule has 2 saturated heterocycles. The van der Waals surface area contributed by atoms with E-state index in [9.17, 15) is 19.5 Å². The summed E-state index contributed by atoms with van der Waals surface area (Å²) < 4.78 is 12.9. The van der Waals surface area contributed by atoms with Gasteiger partial charge in [0.25, 0.3) is 5.56 Å². The Morgan fingerprint density at radius 1 is 1.14 bits per heavy atom. The fourth-order valence-electron chi connectivity index (χ4n) is 7.38. The predicted molar refractivity (Wildman–Crippen MR) is 159 cm³/mol. The summed E-state index contributed by atoms with van der Waals surface area (Å²) >= 11 is 0. The second kappa shape index (κ2) is 10.7. The largest absolute Gasteiger partial charge is 0.458 e. The van der Waals surface area contributed by atoms with Gasteiger partial charge in [-0.25, -0.2) is 14.6 Å². The number of nitrogens with zero attached hydrogens (tertiary/aromatic N) is 4. The van der Waals surface area contributed by atoms with Crippen molar-refractivity contribution < 1.29 is 24.2 Å². The maximum Gasteiger partial charge on any atom is 0.416 e. The Labute approximate surface area is 250 Å². The minimum Gasteiger partial charge on any atom is -0.458 e. The van der Waals surface area contributed by atoms with E-state index in [1.807, 2.05) is 23.1 Å². The van der Waals surface area contributed by atoms with Crippen molar-refractivity contribution in [2.45, 2.75) is 83.7 Å². The quantitative estimate of drug-likeness (QED) is 0.348. The number of ether oxygens (including phenoxy) is 2. The minimum absolute atomic E-state index is 0.0499. The first kappa shape index (κ1) is 28.0. The maximum atomic E-state index is 13.7. The molecule has 43 heavy (non-hydrogen) atoms. The lowest BCUT2D eigenvalue weighted by Gasteiger charge is -2.45. The number of likely N-dealkylation sites (tertiary alicyclic amines) is 2. The van der Waals surface area contributed by atoms with Crippen LogP contribution in [0.2, 0.25) is 0 Å². The van der Waals surface area contributed by atoms with Crippen molar-refractivity contribution in [2.24, 2.45) is 5.92 Å². The van der Waals surface area contributed by atoms with Gasteiger partial charge in [-0.1, -0.05) is 32.8 Å². The smallest absolute Gasteiger partial charge is 0.416 e. The lowest BCUT2D eigenvalue weighted by molar-refractivity contribution is -0.172. The molecule has 2 unspecified atom stereocenters. The number of cyclic esters (lactones) is 1. The molecule has 0 spiro atoms. The molecule has 226 valence electrons. The Morgan fingerprint density at radius 2 is 1.95 bits per heavy atom. The highest BCUT2D eigenvalue weighted by molar-refractivity contribution is 5.91. The van der Waals surface area contributed by atoms with Crippen molar-refractivity contribution in [2.75, 3.05) is 19.6 Å². The van der Waals surface area contributed by atoms with Crippen LogP contribution in [0.15, 0.2) is 35.1 Å². The van der Waals surface area contributed by atoms with Gasteiger partial charge >= 0.3 is 12.1 Å². The van der Waals surface area contributed by atoms with Crippen LogP contribution in [-0.4, -0.2) is 62.3 Å². The van der Waals surface area contributed by atoms with Crippen molar-refractivity contribution in [3.05, 3.63) is 57.4 Å². The van der Waals surface area contributed by atoms with E-state index in [-0.39, 0.29) is 48.5 Å². The molecule has 10 nitrogen and oxygen atoms in total. The van der Waals surface area contributed by atoms with E-state index in [4.69, 9.17) is 14.5 Å². The molecule has 3 aromatic rings. The summed E-state index contributed by atoms with van der Waals surface area (Å²) in [6.07, 6.45) is 6.41. The number of esters is 1. The van der Waals surface area contributed by atoms with Gasteiger partial charge in [-0.05, 0) is 62.3 Å². The number of carbonyl (C=O) groups excluding carboxylic acids is 2. The van der Waals surface area contributed by atoms with E-state index < -0.39 is 11.6 Å². The lowest BCUT2D eigenvalue weighted by Crippen LogP contribution is -2.56. The van der Waals surface area contributed by atoms with Crippen LogP contribution in [0, 0.1) is 5.92 Å². The first-order chi connectivity index (χ1) is 20.8. The highest BCUT2D eigenvalue weighted by atomic mass is 16.6. The van der Waals surface area contributed by atoms with Crippen LogP contribution in [0.1, 0.15) is 75.5 Å². The lowest BCUT2D eigenvalue weighted by atomic mass is 9.86. The molecule has 0 saturated carbocycles. The molecule has 2 aromatic heterocycles. The standard InChI is InChI=1S/C33H38N4O6/c1-3-20-11-14-36(28(15-20)35-12-6-5-7-13-35)32(40)43-27-10-8-9-25-22(27)16-21-18-37-26(29(21)34-25)17-24-23(30(37)38)19-42-31(39)33(24,41)4-2/h8-10,16-17,20,28,41H,3-7,11-15,18-19H2,1-2H3/t20?,28?,33-/m0/s1. The number of benzene rings is 1. The van der Waals surface area contributed by atoms with Gasteiger partial charge in [0.15, 0.2) is 5.60 Å². The average Bonchev–Trinajstić information content (AvgIpc) is 3.40. The highest BCUT2D eigenvalue weighted by Crippen LogP contribution is 2.40. The third kappa shape index (κ3) is 4.53. The van der Waals surface area contributed by atoms with Gasteiger partial charge in [0, 0.05) is 36.1 Å². The number of hydrogen-bond donors (Lipinski definition) is 1. The monoisotopic (exact) mass is 586 g/mol. The number of fused-ring (bicyclic) bond motifs is 5. The molecule has 3 atom stereocenters. The fraction of sp³-hybridized carbons (Fsp3) is 0.515. The molecular formula is C33H38N4O6. The van der Waals surface area contributed by atoms with Crippen LogP contribution in [0.4, 0.5) is 4.79 Å². The first-order valence-corrected chi connectivity index (χ1v) is 15.6. The summed E-state index contributed by atoms with van der Waals surface area (Å²) in [5.74, 6) is 0.299. The molecule has 2 fully saturated rings. The Hall–Kier alpha value is -3.76. The van der Waals surface area contributed by atoms with Crippen LogP contribution in [0.25, 0.3) is 22.3 Å². The van der Waals surface area contributed by atoms with Gasteiger partial charge in [-0.3, -0.25) is 14.6 Å². The van der Waals surface area contributed by atoms with Gasteiger partial charge in [0.1, 0.15) is 12.4 Å². The van der Waals surface area contributed by atoms with Gasteiger partial charge in [-0.2, -0.15) is 0 Å². The number of hydrogen-bond acceptors (Lipinski definition) is 8. The summed E-state index contributed by atoms with van der Waals surface area (Å²) in [4.78, 5) is 49.0. The molecule has 4 aliphatic rings. The van der Waals surface area contributed by atoms with Crippen molar-refractivity contribution in [1.82, 2.24) is 19.4 Å². The number of amides is 1. The number of aromatic nitrogens is 2. The Bertz CT molecular complexity index is 1680. The zero-order valence-electron chi connectivity index (χ0n) is 24.8. The number of rotatable bonds is 4. The Kier molecular flexibility index (Phi) is 7.01. The molecule has 0 bridgehead atoms. The number of aliphatic hydroxyl groups is 1. The van der Waals surface area contributed by atoms with E-state index in [0.717, 1.165) is 50.8 Å². The summed E-state index contributed by atoms with van der Waals surface area (Å²) in [5.41, 5.74) is 0.987. The molecule has 4 aliphatic heterocycles. The fourth-order valence-corrected chi connectivity index (χ4v) is 7.38. The van der Waals surface area contributed by atoms with Crippen LogP contribution >= 0.6 is 0 Å². The number of pyridine rings is 2. The normalized spacial score (nSPS) is 25.2. The SMILES string of the molecule is CCC1CCN(C(=O)Oc2cccc3nc4c(cc23)Cn2c-4cc3c(c2=O)COC(=O)[C@]3(O)CC)C(N2CCCCC2)C1. The van der Waals surface area contributed by atoms with E-state index in [2.05, 4.69) is 11.8 Å². The second-order valence-electron chi connectivity index (χ2n) is 12.4. The molecule has 1 amide bonds. The molecule has 1 N–H and O–H groups in total. The van der Waals surface area contributed by atoms with Crippen LogP contribution in [0.5, 0.6) is 5.75 Å². The summed E-state index contributed by atoms with van der Waals surface area (Å²) in [7, 11) is 0. The average molecular weight is 587 g/mol. The molecule has 0 radical (unpaired) electrons. The zero-order chi connectivity index (χ0) is 29.9. The van der Waals surface area contributed by atoms with Crippen molar-refractivity contribution in [1.29, 1.82) is 0 Å². The number of piperidine rings is 2. The van der Waals surface area contributed by atoms with Crippen molar-refractivity contribution in [3.8, 4) is 17.1 Å². The van der Waals surface area contributed by atoms with E-state index >= 15 is 0 Å². The second-order valence-corrected chi connectivity index (χ2v) is 12.4. The number of carbonyl (C=O) groups is 2. The molecule has 1 aromatic carbocycles. The van der Waals surface area contributed by atoms with E-state index in [1.54, 1.807) is 23.6 Å². The summed E-state index contributed by atoms with van der Waals surface area (Å²) in [5, 5.41) is 11.8. The van der Waals surface area contributed by atoms with Gasteiger partial charge < -0.3 is 19.1 Å². The molecule has 7 rings (SSSR count). The third-order valence-electron chi connectivity index (χ3n) is 10.0. The van der Waals surface area contributed by atoms with Crippen molar-refractivity contribution >= 4 is 23.0 Å². The van der Waals surface area contributed by atoms with Gasteiger partial charge in [0.05, 0.1) is 35.2 Å². The maximum absolute atomic E-state index is 13.7. The zero-order valence-corrected chi connectivity index (χ0v) is 24.8. The van der Waals surface area contributed by atoms with Crippen LogP contribution in [0.3, 0.4) is 0 Å². The highest BCUT2D eigenvalue weighted by Gasteiger charge is 2.45.